The van der Waals surface area contributed by atoms with Gasteiger partial charge in [0.1, 0.15) is 5.82 Å². The number of ether oxygens (including phenoxy) is 2. The van der Waals surface area contributed by atoms with Crippen molar-refractivity contribution in [1.29, 1.82) is 0 Å². The van der Waals surface area contributed by atoms with E-state index in [4.69, 9.17) is 9.47 Å². The van der Waals surface area contributed by atoms with Gasteiger partial charge in [0.2, 0.25) is 0 Å². The Kier molecular flexibility index (Phi) is 5.75. The molecule has 0 amide bonds. The maximum Gasteiger partial charge on any atom is 0.162 e. The van der Waals surface area contributed by atoms with E-state index in [1.165, 1.54) is 5.56 Å². The largest absolute Gasteiger partial charge is 0.493 e. The summed E-state index contributed by atoms with van der Waals surface area (Å²) in [6.07, 6.45) is 3.60. The number of benzene rings is 2. The van der Waals surface area contributed by atoms with E-state index >= 15 is 0 Å². The lowest BCUT2D eigenvalue weighted by Gasteiger charge is -2.14. The highest BCUT2D eigenvalue weighted by atomic mass is 16.5. The Balaban J connectivity index is 1.56. The minimum Gasteiger partial charge on any atom is -0.493 e. The topological polar surface area (TPSA) is 69.2 Å². The van der Waals surface area contributed by atoms with Gasteiger partial charge in [-0.3, -0.25) is 0 Å². The maximum atomic E-state index is 5.45. The summed E-state index contributed by atoms with van der Waals surface area (Å²) in [4.78, 5) is 4.59. The van der Waals surface area contributed by atoms with Crippen LogP contribution < -0.4 is 14.8 Å². The summed E-state index contributed by atoms with van der Waals surface area (Å²) in [6.45, 7) is 3.01. The van der Waals surface area contributed by atoms with Gasteiger partial charge in [-0.2, -0.15) is 10.2 Å². The minimum atomic E-state index is 0.392. The zero-order valence-corrected chi connectivity index (χ0v) is 17.3. The van der Waals surface area contributed by atoms with Crippen molar-refractivity contribution in [3.05, 3.63) is 72.6 Å². The molecule has 0 aliphatic rings. The molecule has 0 aliphatic carbocycles. The molecule has 0 saturated carbocycles. The Bertz CT molecular complexity index is 1130. The molecule has 2 heterocycles. The van der Waals surface area contributed by atoms with Crippen LogP contribution in [-0.2, 0) is 0 Å². The molecule has 0 aliphatic heterocycles. The predicted octanol–water partition coefficient (Wildman–Crippen LogP) is 4.92. The first-order chi connectivity index (χ1) is 14.7. The number of fused-ring (bicyclic) bond motifs is 1. The van der Waals surface area contributed by atoms with Gasteiger partial charge in [-0.1, -0.05) is 37.3 Å². The Morgan fingerprint density at radius 2 is 1.70 bits per heavy atom. The quantitative estimate of drug-likeness (QED) is 0.475. The van der Waals surface area contributed by atoms with Gasteiger partial charge in [0.15, 0.2) is 11.5 Å². The first kappa shape index (κ1) is 19.6. The number of methoxy groups -OCH3 is 2. The summed E-state index contributed by atoms with van der Waals surface area (Å²) in [5, 5.41) is 12.7. The lowest BCUT2D eigenvalue weighted by Crippen LogP contribution is -2.10. The molecule has 4 rings (SSSR count). The number of hydrogen-bond donors (Lipinski definition) is 1. The second-order valence-electron chi connectivity index (χ2n) is 7.11. The molecule has 0 radical (unpaired) electrons. The highest BCUT2D eigenvalue weighted by molar-refractivity contribution is 5.95. The molecular formula is C24H24N4O2. The Labute approximate surface area is 175 Å². The van der Waals surface area contributed by atoms with Gasteiger partial charge in [-0.05, 0) is 29.7 Å². The first-order valence-electron chi connectivity index (χ1n) is 9.82. The van der Waals surface area contributed by atoms with Crippen molar-refractivity contribution in [1.82, 2.24) is 15.2 Å². The van der Waals surface area contributed by atoms with Crippen LogP contribution in [0.5, 0.6) is 11.5 Å². The standard InChI is InChI=1S/C24H24N4O2/c1-16(17-7-5-4-6-8-17)13-25-24-10-9-18(14-26-24)20-15-27-28-21-12-23(30-3)22(29-2)11-19(20)21/h4-12,14-16H,13H2,1-3H3,(H,25,26). The van der Waals surface area contributed by atoms with Crippen LogP contribution in [-0.4, -0.2) is 35.9 Å². The Morgan fingerprint density at radius 1 is 0.933 bits per heavy atom. The predicted molar refractivity (Wildman–Crippen MR) is 119 cm³/mol. The van der Waals surface area contributed by atoms with Crippen LogP contribution in [0.3, 0.4) is 0 Å². The molecule has 1 N–H and O–H groups in total. The Hall–Kier alpha value is -3.67. The molecule has 2 aromatic carbocycles. The smallest absolute Gasteiger partial charge is 0.162 e. The van der Waals surface area contributed by atoms with Crippen LogP contribution in [0.4, 0.5) is 5.82 Å². The molecule has 6 heteroatoms. The van der Waals surface area contributed by atoms with Crippen LogP contribution in [0.2, 0.25) is 0 Å². The van der Waals surface area contributed by atoms with Crippen molar-refractivity contribution in [3.63, 3.8) is 0 Å². The monoisotopic (exact) mass is 400 g/mol. The van der Waals surface area contributed by atoms with Crippen molar-refractivity contribution >= 4 is 16.7 Å². The summed E-state index contributed by atoms with van der Waals surface area (Å²) in [5.41, 5.74) is 3.95. The number of nitrogens with zero attached hydrogens (tertiary/aromatic N) is 3. The second-order valence-corrected chi connectivity index (χ2v) is 7.11. The number of hydrogen-bond acceptors (Lipinski definition) is 6. The van der Waals surface area contributed by atoms with Gasteiger partial charge in [0.25, 0.3) is 0 Å². The van der Waals surface area contributed by atoms with E-state index in [9.17, 15) is 0 Å². The summed E-state index contributed by atoms with van der Waals surface area (Å²) in [5.74, 6) is 2.51. The average molecular weight is 400 g/mol. The lowest BCUT2D eigenvalue weighted by molar-refractivity contribution is 0.356. The van der Waals surface area contributed by atoms with Crippen molar-refractivity contribution < 1.29 is 9.47 Å². The fourth-order valence-corrected chi connectivity index (χ4v) is 3.43. The highest BCUT2D eigenvalue weighted by Gasteiger charge is 2.12. The van der Waals surface area contributed by atoms with Crippen LogP contribution in [0, 0.1) is 0 Å². The summed E-state index contributed by atoms with van der Waals surface area (Å²) in [6, 6.07) is 18.2. The third-order valence-electron chi connectivity index (χ3n) is 5.18. The fraction of sp³-hybridized carbons (Fsp3) is 0.208. The van der Waals surface area contributed by atoms with Gasteiger partial charge in [0.05, 0.1) is 25.9 Å². The molecule has 6 nitrogen and oxygen atoms in total. The zero-order chi connectivity index (χ0) is 20.9. The molecule has 152 valence electrons. The summed E-state index contributed by atoms with van der Waals surface area (Å²) >= 11 is 0. The van der Waals surface area contributed by atoms with Crippen molar-refractivity contribution in [2.24, 2.45) is 0 Å². The molecule has 0 saturated heterocycles. The third kappa shape index (κ3) is 4.03. The SMILES string of the molecule is COc1cc2nncc(-c3ccc(NCC(C)c4ccccc4)nc3)c2cc1OC. The molecule has 0 fully saturated rings. The number of aromatic nitrogens is 3. The van der Waals surface area contributed by atoms with Crippen LogP contribution >= 0.6 is 0 Å². The number of nitrogens with one attached hydrogen (secondary N) is 1. The van der Waals surface area contributed by atoms with Gasteiger partial charge in [-0.25, -0.2) is 4.98 Å². The third-order valence-corrected chi connectivity index (χ3v) is 5.18. The number of pyridine rings is 1. The summed E-state index contributed by atoms with van der Waals surface area (Å²) < 4.78 is 10.8. The van der Waals surface area contributed by atoms with Gasteiger partial charge >= 0.3 is 0 Å². The van der Waals surface area contributed by atoms with Crippen molar-refractivity contribution in [2.75, 3.05) is 26.1 Å². The average Bonchev–Trinajstić information content (AvgIpc) is 2.82. The number of rotatable bonds is 7. The zero-order valence-electron chi connectivity index (χ0n) is 17.3. The molecule has 1 unspecified atom stereocenters. The van der Waals surface area contributed by atoms with Crippen molar-refractivity contribution in [3.8, 4) is 22.6 Å². The molecule has 0 spiro atoms. The second kappa shape index (κ2) is 8.78. The molecule has 30 heavy (non-hydrogen) atoms. The van der Waals surface area contributed by atoms with E-state index < -0.39 is 0 Å². The van der Waals surface area contributed by atoms with E-state index in [0.29, 0.717) is 17.4 Å². The molecule has 0 bridgehead atoms. The summed E-state index contributed by atoms with van der Waals surface area (Å²) in [7, 11) is 3.23. The van der Waals surface area contributed by atoms with E-state index in [1.54, 1.807) is 20.4 Å². The Morgan fingerprint density at radius 3 is 2.40 bits per heavy atom. The van der Waals surface area contributed by atoms with E-state index in [-0.39, 0.29) is 0 Å². The van der Waals surface area contributed by atoms with Crippen molar-refractivity contribution in [2.45, 2.75) is 12.8 Å². The number of anilines is 1. The molecule has 1 atom stereocenters. The van der Waals surface area contributed by atoms with E-state index in [1.807, 2.05) is 36.5 Å². The molecular weight excluding hydrogens is 376 g/mol. The van der Waals surface area contributed by atoms with E-state index in [2.05, 4.69) is 51.7 Å². The highest BCUT2D eigenvalue weighted by Crippen LogP contribution is 2.35. The first-order valence-corrected chi connectivity index (χ1v) is 9.82. The lowest BCUT2D eigenvalue weighted by atomic mass is 10.0. The molecule has 4 aromatic rings. The van der Waals surface area contributed by atoms with Crippen LogP contribution in [0.25, 0.3) is 22.0 Å². The maximum absolute atomic E-state index is 5.45. The fourth-order valence-electron chi connectivity index (χ4n) is 3.43. The van der Waals surface area contributed by atoms with E-state index in [0.717, 1.165) is 34.4 Å². The molecule has 2 aromatic heterocycles. The van der Waals surface area contributed by atoms with Crippen LogP contribution in [0.1, 0.15) is 18.4 Å². The van der Waals surface area contributed by atoms with Crippen LogP contribution in [0.15, 0.2) is 67.0 Å². The van der Waals surface area contributed by atoms with Gasteiger partial charge < -0.3 is 14.8 Å². The van der Waals surface area contributed by atoms with Gasteiger partial charge in [0, 0.05) is 35.3 Å². The normalized spacial score (nSPS) is 11.8. The minimum absolute atomic E-state index is 0.392. The van der Waals surface area contributed by atoms with Gasteiger partial charge in [-0.15, -0.1) is 0 Å².